The number of rotatable bonds is 10. The van der Waals surface area contributed by atoms with E-state index >= 15 is 0 Å². The minimum absolute atomic E-state index is 0.0654. The number of nitrogens with zero attached hydrogens (tertiary/aromatic N) is 3. The molecule has 0 aliphatic carbocycles. The molecule has 0 radical (unpaired) electrons. The molecule has 1 heterocycles. The molecular formula is C24H30N4O2S. The van der Waals surface area contributed by atoms with Crippen LogP contribution in [0, 0.1) is 6.92 Å². The van der Waals surface area contributed by atoms with E-state index in [2.05, 4.69) is 41.5 Å². The summed E-state index contributed by atoms with van der Waals surface area (Å²) < 4.78 is 7.81. The third-order valence-electron chi connectivity index (χ3n) is 5.21. The van der Waals surface area contributed by atoms with Crippen LogP contribution in [0.1, 0.15) is 50.1 Å². The van der Waals surface area contributed by atoms with Gasteiger partial charge in [-0.05, 0) is 56.0 Å². The molecule has 2 aromatic carbocycles. The zero-order chi connectivity index (χ0) is 22.2. The number of benzene rings is 2. The average molecular weight is 439 g/mol. The Kier molecular flexibility index (Phi) is 8.12. The molecular weight excluding hydrogens is 408 g/mol. The fourth-order valence-corrected chi connectivity index (χ4v) is 3.91. The van der Waals surface area contributed by atoms with Crippen molar-refractivity contribution in [2.24, 2.45) is 0 Å². The van der Waals surface area contributed by atoms with Crippen LogP contribution in [0.5, 0.6) is 5.75 Å². The van der Waals surface area contributed by atoms with Gasteiger partial charge in [-0.2, -0.15) is 0 Å². The standard InChI is InChI=1S/C24H30N4O2S/c1-5-18(4)19-9-11-20(12-10-19)25-23(29)16-31-24-27-26-22(28(24)6-2)15-30-21-13-7-17(3)8-14-21/h7-14,18H,5-6,15-16H2,1-4H3,(H,25,29)/t18-/m1/s1. The number of ether oxygens (including phenoxy) is 1. The maximum absolute atomic E-state index is 12.4. The molecule has 6 nitrogen and oxygen atoms in total. The smallest absolute Gasteiger partial charge is 0.234 e. The first-order valence-corrected chi connectivity index (χ1v) is 11.6. The number of amides is 1. The third-order valence-corrected chi connectivity index (χ3v) is 6.17. The molecule has 0 fully saturated rings. The SMILES string of the molecule is CC[C@@H](C)c1ccc(NC(=O)CSc2nnc(COc3ccc(C)cc3)n2CC)cc1. The van der Waals surface area contributed by atoms with Gasteiger partial charge in [0.05, 0.1) is 5.75 Å². The summed E-state index contributed by atoms with van der Waals surface area (Å²) in [6.45, 7) is 9.49. The molecule has 1 N–H and O–H groups in total. The van der Waals surface area contributed by atoms with Gasteiger partial charge in [0.1, 0.15) is 12.4 Å². The van der Waals surface area contributed by atoms with Crippen LogP contribution >= 0.6 is 11.8 Å². The summed E-state index contributed by atoms with van der Waals surface area (Å²) in [4.78, 5) is 12.4. The van der Waals surface area contributed by atoms with Crippen molar-refractivity contribution in [2.45, 2.75) is 58.3 Å². The van der Waals surface area contributed by atoms with Gasteiger partial charge in [-0.25, -0.2) is 0 Å². The van der Waals surface area contributed by atoms with Gasteiger partial charge in [0, 0.05) is 12.2 Å². The summed E-state index contributed by atoms with van der Waals surface area (Å²) in [6, 6.07) is 16.0. The van der Waals surface area contributed by atoms with E-state index in [0.29, 0.717) is 24.2 Å². The summed E-state index contributed by atoms with van der Waals surface area (Å²) in [5.41, 5.74) is 3.28. The van der Waals surface area contributed by atoms with Crippen LogP contribution < -0.4 is 10.1 Å². The van der Waals surface area contributed by atoms with Crippen molar-refractivity contribution in [1.82, 2.24) is 14.8 Å². The molecule has 31 heavy (non-hydrogen) atoms. The van der Waals surface area contributed by atoms with E-state index in [9.17, 15) is 4.79 Å². The van der Waals surface area contributed by atoms with Crippen LogP contribution in [-0.4, -0.2) is 26.4 Å². The topological polar surface area (TPSA) is 69.0 Å². The van der Waals surface area contributed by atoms with Crippen molar-refractivity contribution in [3.05, 3.63) is 65.5 Å². The first kappa shape index (κ1) is 22.9. The minimum atomic E-state index is -0.0654. The predicted octanol–water partition coefficient (Wildman–Crippen LogP) is 5.43. The predicted molar refractivity (Wildman–Crippen MR) is 126 cm³/mol. The number of hydrogen-bond acceptors (Lipinski definition) is 5. The second-order valence-electron chi connectivity index (χ2n) is 7.51. The number of carbonyl (C=O) groups excluding carboxylic acids is 1. The number of anilines is 1. The highest BCUT2D eigenvalue weighted by atomic mass is 32.2. The molecule has 3 rings (SSSR count). The van der Waals surface area contributed by atoms with E-state index in [0.717, 1.165) is 23.7 Å². The first-order valence-electron chi connectivity index (χ1n) is 10.6. The van der Waals surface area contributed by atoms with E-state index < -0.39 is 0 Å². The number of aryl methyl sites for hydroxylation is 1. The summed E-state index contributed by atoms with van der Waals surface area (Å²) in [5.74, 6) is 2.26. The number of hydrogen-bond donors (Lipinski definition) is 1. The highest BCUT2D eigenvalue weighted by Gasteiger charge is 2.14. The Balaban J connectivity index is 1.53. The van der Waals surface area contributed by atoms with Crippen LogP contribution in [0.4, 0.5) is 5.69 Å². The fourth-order valence-electron chi connectivity index (χ4n) is 3.09. The molecule has 0 aliphatic heterocycles. The van der Waals surface area contributed by atoms with Crippen LogP contribution in [0.25, 0.3) is 0 Å². The molecule has 0 bridgehead atoms. The van der Waals surface area contributed by atoms with Crippen molar-refractivity contribution >= 4 is 23.4 Å². The monoisotopic (exact) mass is 438 g/mol. The van der Waals surface area contributed by atoms with Crippen LogP contribution in [0.15, 0.2) is 53.7 Å². The Bertz CT molecular complexity index is 984. The lowest BCUT2D eigenvalue weighted by atomic mass is 9.99. The lowest BCUT2D eigenvalue weighted by Gasteiger charge is -2.11. The quantitative estimate of drug-likeness (QED) is 0.428. The number of thioether (sulfide) groups is 1. The number of aromatic nitrogens is 3. The van der Waals surface area contributed by atoms with Gasteiger partial charge in [-0.1, -0.05) is 55.4 Å². The van der Waals surface area contributed by atoms with Crippen molar-refractivity contribution in [3.8, 4) is 5.75 Å². The van der Waals surface area contributed by atoms with E-state index in [1.54, 1.807) is 0 Å². The summed E-state index contributed by atoms with van der Waals surface area (Å²) in [7, 11) is 0. The van der Waals surface area contributed by atoms with E-state index in [1.807, 2.05) is 54.8 Å². The van der Waals surface area contributed by atoms with Gasteiger partial charge in [-0.15, -0.1) is 10.2 Å². The molecule has 164 valence electrons. The molecule has 0 spiro atoms. The Labute approximate surface area is 188 Å². The lowest BCUT2D eigenvalue weighted by Crippen LogP contribution is -2.15. The lowest BCUT2D eigenvalue weighted by molar-refractivity contribution is -0.113. The van der Waals surface area contributed by atoms with Gasteiger partial charge < -0.3 is 14.6 Å². The van der Waals surface area contributed by atoms with Crippen LogP contribution in [0.2, 0.25) is 0 Å². The Morgan fingerprint density at radius 1 is 1.10 bits per heavy atom. The Morgan fingerprint density at radius 2 is 1.81 bits per heavy atom. The van der Waals surface area contributed by atoms with Crippen LogP contribution in [-0.2, 0) is 17.9 Å². The molecule has 3 aromatic rings. The molecule has 1 aromatic heterocycles. The minimum Gasteiger partial charge on any atom is -0.486 e. The molecule has 1 amide bonds. The zero-order valence-electron chi connectivity index (χ0n) is 18.6. The van der Waals surface area contributed by atoms with Crippen LogP contribution in [0.3, 0.4) is 0 Å². The molecule has 0 unspecified atom stereocenters. The maximum Gasteiger partial charge on any atom is 0.234 e. The van der Waals surface area contributed by atoms with Gasteiger partial charge in [0.25, 0.3) is 0 Å². The average Bonchev–Trinajstić information content (AvgIpc) is 3.19. The molecule has 0 saturated carbocycles. The van der Waals surface area contributed by atoms with Gasteiger partial charge in [-0.3, -0.25) is 4.79 Å². The fraction of sp³-hybridized carbons (Fsp3) is 0.375. The first-order chi connectivity index (χ1) is 15.0. The molecule has 1 atom stereocenters. The van der Waals surface area contributed by atoms with Crippen molar-refractivity contribution < 1.29 is 9.53 Å². The third kappa shape index (κ3) is 6.34. The highest BCUT2D eigenvalue weighted by Crippen LogP contribution is 2.22. The van der Waals surface area contributed by atoms with Crippen molar-refractivity contribution in [1.29, 1.82) is 0 Å². The Morgan fingerprint density at radius 3 is 2.45 bits per heavy atom. The molecule has 7 heteroatoms. The maximum atomic E-state index is 12.4. The Hall–Kier alpha value is -2.80. The van der Waals surface area contributed by atoms with E-state index in [1.165, 1.54) is 22.9 Å². The van der Waals surface area contributed by atoms with E-state index in [-0.39, 0.29) is 11.7 Å². The van der Waals surface area contributed by atoms with Crippen molar-refractivity contribution in [3.63, 3.8) is 0 Å². The largest absolute Gasteiger partial charge is 0.486 e. The van der Waals surface area contributed by atoms with Gasteiger partial charge >= 0.3 is 0 Å². The summed E-state index contributed by atoms with van der Waals surface area (Å²) in [5, 5.41) is 12.2. The second kappa shape index (κ2) is 11.0. The number of carbonyl (C=O) groups is 1. The van der Waals surface area contributed by atoms with Gasteiger partial charge in [0.15, 0.2) is 11.0 Å². The normalized spacial score (nSPS) is 11.9. The number of nitrogens with one attached hydrogen (secondary N) is 1. The van der Waals surface area contributed by atoms with Crippen molar-refractivity contribution in [2.75, 3.05) is 11.1 Å². The molecule has 0 saturated heterocycles. The second-order valence-corrected chi connectivity index (χ2v) is 8.46. The van der Waals surface area contributed by atoms with E-state index in [4.69, 9.17) is 4.74 Å². The highest BCUT2D eigenvalue weighted by molar-refractivity contribution is 7.99. The summed E-state index contributed by atoms with van der Waals surface area (Å²) in [6.07, 6.45) is 1.10. The molecule has 0 aliphatic rings. The summed E-state index contributed by atoms with van der Waals surface area (Å²) >= 11 is 1.38. The zero-order valence-corrected chi connectivity index (χ0v) is 19.4. The van der Waals surface area contributed by atoms with Gasteiger partial charge in [0.2, 0.25) is 5.91 Å².